The van der Waals surface area contributed by atoms with Crippen LogP contribution in [0.4, 0.5) is 0 Å². The molecule has 0 aromatic heterocycles. The molecule has 0 radical (unpaired) electrons. The molecule has 1 fully saturated rings. The highest BCUT2D eigenvalue weighted by Crippen LogP contribution is 2.38. The number of amides is 3. The molecule has 0 aliphatic heterocycles. The maximum absolute atomic E-state index is 12.1. The fraction of sp³-hybridized carbons (Fsp3) is 0.700. The van der Waals surface area contributed by atoms with Crippen LogP contribution < -0.4 is 17.2 Å². The van der Waals surface area contributed by atoms with Crippen LogP contribution in [0.5, 0.6) is 0 Å². The first-order chi connectivity index (χ1) is 7.75. The van der Waals surface area contributed by atoms with Gasteiger partial charge in [-0.25, -0.2) is 0 Å². The van der Waals surface area contributed by atoms with E-state index < -0.39 is 23.3 Å². The van der Waals surface area contributed by atoms with E-state index in [-0.39, 0.29) is 19.0 Å². The van der Waals surface area contributed by atoms with Crippen molar-refractivity contribution in [2.24, 2.45) is 23.1 Å². The minimum absolute atomic E-state index is 0.0956. The van der Waals surface area contributed by atoms with Crippen LogP contribution in [0.25, 0.3) is 0 Å². The molecule has 1 aliphatic rings. The minimum atomic E-state index is -1.06. The highest BCUT2D eigenvalue weighted by molar-refractivity contribution is 5.93. The zero-order valence-corrected chi connectivity index (χ0v) is 9.81. The average Bonchev–Trinajstić information content (AvgIpc) is 2.96. The summed E-state index contributed by atoms with van der Waals surface area (Å²) in [7, 11) is 0. The Labute approximate surface area is 99.3 Å². The van der Waals surface area contributed by atoms with Crippen LogP contribution in [0, 0.1) is 5.92 Å². The van der Waals surface area contributed by atoms with Crippen molar-refractivity contribution in [1.82, 2.24) is 4.90 Å². The Morgan fingerprint density at radius 2 is 1.59 bits per heavy atom. The van der Waals surface area contributed by atoms with Crippen LogP contribution in [0.2, 0.25) is 0 Å². The lowest BCUT2D eigenvalue weighted by molar-refractivity contribution is -0.142. The maximum atomic E-state index is 12.1. The van der Waals surface area contributed by atoms with Gasteiger partial charge in [0.25, 0.3) is 0 Å². The lowest BCUT2D eigenvalue weighted by atomic mass is 9.95. The van der Waals surface area contributed by atoms with Gasteiger partial charge >= 0.3 is 0 Å². The quantitative estimate of drug-likeness (QED) is 0.492. The highest BCUT2D eigenvalue weighted by Gasteiger charge is 2.46. The molecule has 1 unspecified atom stereocenters. The molecule has 0 spiro atoms. The molecule has 7 heteroatoms. The van der Waals surface area contributed by atoms with Crippen molar-refractivity contribution >= 4 is 17.7 Å². The summed E-state index contributed by atoms with van der Waals surface area (Å²) in [6, 6.07) is 0. The van der Waals surface area contributed by atoms with Crippen molar-refractivity contribution in [3.63, 3.8) is 0 Å². The molecular formula is C10H18N4O3. The summed E-state index contributed by atoms with van der Waals surface area (Å²) in [5, 5.41) is 0. The highest BCUT2D eigenvalue weighted by atomic mass is 16.2. The number of rotatable bonds is 6. The van der Waals surface area contributed by atoms with Gasteiger partial charge in [-0.2, -0.15) is 0 Å². The number of carbonyl (C=O) groups excluding carboxylic acids is 3. The third-order valence-corrected chi connectivity index (χ3v) is 2.87. The van der Waals surface area contributed by atoms with Crippen LogP contribution in [-0.4, -0.2) is 41.2 Å². The van der Waals surface area contributed by atoms with E-state index in [9.17, 15) is 14.4 Å². The Bertz CT molecular complexity index is 333. The number of nitrogens with two attached hydrogens (primary N) is 3. The Hall–Kier alpha value is -1.63. The van der Waals surface area contributed by atoms with Gasteiger partial charge in [0.1, 0.15) is 0 Å². The normalized spacial score (nSPS) is 18.2. The van der Waals surface area contributed by atoms with Crippen LogP contribution >= 0.6 is 0 Å². The topological polar surface area (TPSA) is 133 Å². The Morgan fingerprint density at radius 3 is 1.88 bits per heavy atom. The average molecular weight is 242 g/mol. The largest absolute Gasteiger partial charge is 0.368 e. The van der Waals surface area contributed by atoms with Crippen molar-refractivity contribution in [2.75, 3.05) is 13.1 Å². The van der Waals surface area contributed by atoms with E-state index in [4.69, 9.17) is 17.2 Å². The first-order valence-electron chi connectivity index (χ1n) is 5.40. The molecule has 1 rings (SSSR count). The van der Waals surface area contributed by atoms with Gasteiger partial charge in [-0.1, -0.05) is 0 Å². The zero-order valence-electron chi connectivity index (χ0n) is 9.81. The van der Waals surface area contributed by atoms with E-state index in [1.807, 2.05) is 0 Å². The molecule has 3 amide bonds. The van der Waals surface area contributed by atoms with Gasteiger partial charge in [0.2, 0.25) is 17.7 Å². The molecule has 1 aliphatic carbocycles. The fourth-order valence-corrected chi connectivity index (χ4v) is 1.77. The molecule has 96 valence electrons. The predicted molar refractivity (Wildman–Crippen MR) is 60.3 cm³/mol. The van der Waals surface area contributed by atoms with E-state index in [1.54, 1.807) is 6.92 Å². The Morgan fingerprint density at radius 1 is 1.18 bits per heavy atom. The molecule has 0 aromatic rings. The molecule has 0 heterocycles. The van der Waals surface area contributed by atoms with Gasteiger partial charge in [-0.05, 0) is 25.7 Å². The second-order valence-electron chi connectivity index (χ2n) is 4.65. The second-order valence-corrected chi connectivity index (χ2v) is 4.65. The third kappa shape index (κ3) is 3.42. The van der Waals surface area contributed by atoms with Gasteiger partial charge in [-0.3, -0.25) is 14.4 Å². The summed E-state index contributed by atoms with van der Waals surface area (Å²) >= 11 is 0. The standard InChI is InChI=1S/C10H18N4O3/c1-10(13,6-2-3-6)9(17)14(4-7(11)15)5-8(12)16/h6H,2-5,13H2,1H3,(H2,11,15)(H2,12,16). The van der Waals surface area contributed by atoms with E-state index in [1.165, 1.54) is 0 Å². The minimum Gasteiger partial charge on any atom is -0.368 e. The van der Waals surface area contributed by atoms with Gasteiger partial charge in [0, 0.05) is 0 Å². The van der Waals surface area contributed by atoms with Crippen molar-refractivity contribution in [1.29, 1.82) is 0 Å². The summed E-state index contributed by atoms with van der Waals surface area (Å²) in [5.74, 6) is -1.77. The van der Waals surface area contributed by atoms with Gasteiger partial charge < -0.3 is 22.1 Å². The summed E-state index contributed by atoms with van der Waals surface area (Å²) < 4.78 is 0. The zero-order chi connectivity index (χ0) is 13.2. The molecular weight excluding hydrogens is 224 g/mol. The van der Waals surface area contributed by atoms with Gasteiger partial charge in [0.15, 0.2) is 0 Å². The SMILES string of the molecule is CC(N)(C(=O)N(CC(N)=O)CC(N)=O)C1CC1. The third-order valence-electron chi connectivity index (χ3n) is 2.87. The van der Waals surface area contributed by atoms with Gasteiger partial charge in [-0.15, -0.1) is 0 Å². The fourth-order valence-electron chi connectivity index (χ4n) is 1.77. The van der Waals surface area contributed by atoms with Crippen molar-refractivity contribution in [2.45, 2.75) is 25.3 Å². The van der Waals surface area contributed by atoms with Crippen LogP contribution in [-0.2, 0) is 14.4 Å². The molecule has 0 saturated heterocycles. The summed E-state index contributed by atoms with van der Waals surface area (Å²) in [4.78, 5) is 34.8. The van der Waals surface area contributed by atoms with Crippen LogP contribution in [0.3, 0.4) is 0 Å². The Kier molecular flexibility index (Phi) is 3.72. The number of hydrogen-bond donors (Lipinski definition) is 3. The van der Waals surface area contributed by atoms with E-state index in [0.29, 0.717) is 0 Å². The van der Waals surface area contributed by atoms with Gasteiger partial charge in [0.05, 0.1) is 18.6 Å². The predicted octanol–water partition coefficient (Wildman–Crippen LogP) is -2.09. The maximum Gasteiger partial charge on any atom is 0.243 e. The van der Waals surface area contributed by atoms with Crippen molar-refractivity contribution in [3.05, 3.63) is 0 Å². The number of carbonyl (C=O) groups is 3. The first-order valence-corrected chi connectivity index (χ1v) is 5.40. The summed E-state index contributed by atoms with van der Waals surface area (Å²) in [5.41, 5.74) is 14.9. The van der Waals surface area contributed by atoms with E-state index in [0.717, 1.165) is 17.7 Å². The molecule has 1 atom stereocenters. The number of nitrogens with zero attached hydrogens (tertiary/aromatic N) is 1. The second kappa shape index (κ2) is 4.70. The van der Waals surface area contributed by atoms with E-state index in [2.05, 4.69) is 0 Å². The lowest BCUT2D eigenvalue weighted by Crippen LogP contribution is -2.57. The molecule has 0 bridgehead atoms. The van der Waals surface area contributed by atoms with Crippen LogP contribution in [0.15, 0.2) is 0 Å². The van der Waals surface area contributed by atoms with E-state index >= 15 is 0 Å². The monoisotopic (exact) mass is 242 g/mol. The number of primary amides is 2. The van der Waals surface area contributed by atoms with Crippen molar-refractivity contribution in [3.8, 4) is 0 Å². The summed E-state index contributed by atoms with van der Waals surface area (Å²) in [6.45, 7) is 0.907. The smallest absolute Gasteiger partial charge is 0.243 e. The van der Waals surface area contributed by atoms with Crippen LogP contribution in [0.1, 0.15) is 19.8 Å². The molecule has 6 N–H and O–H groups in total. The Balaban J connectivity index is 2.77. The van der Waals surface area contributed by atoms with Crippen molar-refractivity contribution < 1.29 is 14.4 Å². The summed E-state index contributed by atoms with van der Waals surface area (Å²) in [6.07, 6.45) is 1.75. The molecule has 1 saturated carbocycles. The lowest BCUT2D eigenvalue weighted by Gasteiger charge is -2.30. The first kappa shape index (κ1) is 13.4. The molecule has 17 heavy (non-hydrogen) atoms. The molecule has 7 nitrogen and oxygen atoms in total. The molecule has 0 aromatic carbocycles. The number of hydrogen-bond acceptors (Lipinski definition) is 4.